The summed E-state index contributed by atoms with van der Waals surface area (Å²) < 4.78 is 13.8. The van der Waals surface area contributed by atoms with Crippen molar-refractivity contribution in [1.29, 1.82) is 0 Å². The van der Waals surface area contributed by atoms with Gasteiger partial charge in [0.05, 0.1) is 0 Å². The highest BCUT2D eigenvalue weighted by molar-refractivity contribution is 9.10. The van der Waals surface area contributed by atoms with E-state index in [2.05, 4.69) is 15.9 Å². The predicted octanol–water partition coefficient (Wildman–Crippen LogP) is 2.75. The van der Waals surface area contributed by atoms with Crippen molar-refractivity contribution in [2.45, 2.75) is 18.9 Å². The van der Waals surface area contributed by atoms with E-state index >= 15 is 0 Å². The van der Waals surface area contributed by atoms with Gasteiger partial charge in [-0.05, 0) is 43.1 Å². The number of halogens is 3. The molecule has 15 heavy (non-hydrogen) atoms. The lowest BCUT2D eigenvalue weighted by Crippen LogP contribution is -2.13. The SMILES string of the molecule is Cl.NCCC[C@@H](N)c1cc(F)ccc1Br. The predicted molar refractivity (Wildman–Crippen MR) is 66.6 cm³/mol. The van der Waals surface area contributed by atoms with Gasteiger partial charge in [0.1, 0.15) is 5.82 Å². The molecule has 2 nitrogen and oxygen atoms in total. The zero-order valence-electron chi connectivity index (χ0n) is 8.25. The summed E-state index contributed by atoms with van der Waals surface area (Å²) in [6.07, 6.45) is 1.63. The van der Waals surface area contributed by atoms with Crippen LogP contribution < -0.4 is 11.5 Å². The van der Waals surface area contributed by atoms with Crippen molar-refractivity contribution in [2.24, 2.45) is 11.5 Å². The van der Waals surface area contributed by atoms with Crippen molar-refractivity contribution in [3.63, 3.8) is 0 Å². The highest BCUT2D eigenvalue weighted by Crippen LogP contribution is 2.25. The topological polar surface area (TPSA) is 52.0 Å². The lowest BCUT2D eigenvalue weighted by Gasteiger charge is -2.13. The van der Waals surface area contributed by atoms with Crippen molar-refractivity contribution in [3.05, 3.63) is 34.1 Å². The Balaban J connectivity index is 0.00000196. The average molecular weight is 298 g/mol. The Morgan fingerprint density at radius 1 is 1.40 bits per heavy atom. The van der Waals surface area contributed by atoms with Crippen LogP contribution in [-0.4, -0.2) is 6.54 Å². The van der Waals surface area contributed by atoms with Crippen molar-refractivity contribution in [2.75, 3.05) is 6.54 Å². The van der Waals surface area contributed by atoms with E-state index in [0.717, 1.165) is 22.9 Å². The molecule has 0 amide bonds. The van der Waals surface area contributed by atoms with E-state index in [1.165, 1.54) is 12.1 Å². The summed E-state index contributed by atoms with van der Waals surface area (Å²) in [6.45, 7) is 0.612. The molecule has 4 N–H and O–H groups in total. The highest BCUT2D eigenvalue weighted by Gasteiger charge is 2.10. The van der Waals surface area contributed by atoms with E-state index in [1.54, 1.807) is 6.07 Å². The maximum absolute atomic E-state index is 12.9. The zero-order chi connectivity index (χ0) is 10.6. The fourth-order valence-corrected chi connectivity index (χ4v) is 1.83. The van der Waals surface area contributed by atoms with Gasteiger partial charge in [0.2, 0.25) is 0 Å². The van der Waals surface area contributed by atoms with Crippen molar-refractivity contribution >= 4 is 28.3 Å². The Kier molecular flexibility index (Phi) is 7.09. The number of hydrogen-bond acceptors (Lipinski definition) is 2. The van der Waals surface area contributed by atoms with Crippen molar-refractivity contribution < 1.29 is 4.39 Å². The van der Waals surface area contributed by atoms with Crippen LogP contribution in [0.25, 0.3) is 0 Å². The quantitative estimate of drug-likeness (QED) is 0.898. The van der Waals surface area contributed by atoms with Gasteiger partial charge in [0, 0.05) is 10.5 Å². The first-order valence-electron chi connectivity index (χ1n) is 4.55. The standard InChI is InChI=1S/C10H14BrFN2.ClH/c11-9-4-3-7(12)6-8(9)10(14)2-1-5-13;/h3-4,6,10H,1-2,5,13-14H2;1H/t10-;/m1./s1. The van der Waals surface area contributed by atoms with Gasteiger partial charge in [0.15, 0.2) is 0 Å². The molecular weight excluding hydrogens is 282 g/mol. The van der Waals surface area contributed by atoms with Gasteiger partial charge < -0.3 is 11.5 Å². The Bertz CT molecular complexity index is 309. The zero-order valence-corrected chi connectivity index (χ0v) is 10.7. The molecule has 0 unspecified atom stereocenters. The van der Waals surface area contributed by atoms with Gasteiger partial charge in [-0.3, -0.25) is 0 Å². The molecule has 86 valence electrons. The minimum Gasteiger partial charge on any atom is -0.330 e. The van der Waals surface area contributed by atoms with Crippen LogP contribution in [0.2, 0.25) is 0 Å². The summed E-state index contributed by atoms with van der Waals surface area (Å²) in [7, 11) is 0. The van der Waals surface area contributed by atoms with Gasteiger partial charge in [-0.2, -0.15) is 0 Å². The summed E-state index contributed by atoms with van der Waals surface area (Å²) in [5.41, 5.74) is 12.1. The first kappa shape index (κ1) is 14.8. The minimum atomic E-state index is -0.258. The second-order valence-electron chi connectivity index (χ2n) is 3.20. The van der Waals surface area contributed by atoms with Gasteiger partial charge in [-0.1, -0.05) is 15.9 Å². The molecule has 0 heterocycles. The average Bonchev–Trinajstić information content (AvgIpc) is 2.18. The first-order valence-corrected chi connectivity index (χ1v) is 5.35. The summed E-state index contributed by atoms with van der Waals surface area (Å²) in [5, 5.41) is 0. The van der Waals surface area contributed by atoms with Crippen LogP contribution in [0.4, 0.5) is 4.39 Å². The first-order chi connectivity index (χ1) is 6.65. The van der Waals surface area contributed by atoms with Gasteiger partial charge in [-0.15, -0.1) is 12.4 Å². The molecule has 0 saturated carbocycles. The van der Waals surface area contributed by atoms with Crippen LogP contribution in [0.15, 0.2) is 22.7 Å². The largest absolute Gasteiger partial charge is 0.330 e. The summed E-state index contributed by atoms with van der Waals surface area (Å²) >= 11 is 3.35. The number of benzene rings is 1. The molecular formula is C10H15BrClFN2. The van der Waals surface area contributed by atoms with Crippen LogP contribution in [0.5, 0.6) is 0 Å². The molecule has 1 aromatic carbocycles. The van der Waals surface area contributed by atoms with Crippen LogP contribution >= 0.6 is 28.3 Å². The number of nitrogens with two attached hydrogens (primary N) is 2. The fourth-order valence-electron chi connectivity index (χ4n) is 1.29. The normalized spacial score (nSPS) is 12.0. The third kappa shape index (κ3) is 4.47. The van der Waals surface area contributed by atoms with Crippen molar-refractivity contribution in [1.82, 2.24) is 0 Å². The van der Waals surface area contributed by atoms with Crippen molar-refractivity contribution in [3.8, 4) is 0 Å². The second kappa shape index (κ2) is 7.17. The molecule has 0 saturated heterocycles. The Labute approximate surface area is 104 Å². The molecule has 0 aromatic heterocycles. The van der Waals surface area contributed by atoms with E-state index in [4.69, 9.17) is 11.5 Å². The molecule has 5 heteroatoms. The maximum atomic E-state index is 12.9. The van der Waals surface area contributed by atoms with E-state index in [9.17, 15) is 4.39 Å². The molecule has 0 bridgehead atoms. The lowest BCUT2D eigenvalue weighted by atomic mass is 10.0. The van der Waals surface area contributed by atoms with E-state index in [-0.39, 0.29) is 24.3 Å². The van der Waals surface area contributed by atoms with Crippen LogP contribution in [-0.2, 0) is 0 Å². The molecule has 1 aromatic rings. The molecule has 0 aliphatic heterocycles. The van der Waals surface area contributed by atoms with Crippen LogP contribution in [0.1, 0.15) is 24.4 Å². The fraction of sp³-hybridized carbons (Fsp3) is 0.400. The number of hydrogen-bond donors (Lipinski definition) is 2. The Morgan fingerprint density at radius 2 is 2.07 bits per heavy atom. The van der Waals surface area contributed by atoms with E-state index in [1.807, 2.05) is 0 Å². The molecule has 0 spiro atoms. The highest BCUT2D eigenvalue weighted by atomic mass is 79.9. The van der Waals surface area contributed by atoms with E-state index < -0.39 is 0 Å². The monoisotopic (exact) mass is 296 g/mol. The minimum absolute atomic E-state index is 0. The Hall–Kier alpha value is -0.160. The third-order valence-corrected chi connectivity index (χ3v) is 2.80. The summed E-state index contributed by atoms with van der Waals surface area (Å²) in [5.74, 6) is -0.258. The molecule has 0 fully saturated rings. The van der Waals surface area contributed by atoms with Crippen LogP contribution in [0, 0.1) is 5.82 Å². The van der Waals surface area contributed by atoms with Gasteiger partial charge in [-0.25, -0.2) is 4.39 Å². The molecule has 1 atom stereocenters. The number of rotatable bonds is 4. The van der Waals surface area contributed by atoms with Crippen LogP contribution in [0.3, 0.4) is 0 Å². The molecule has 1 rings (SSSR count). The third-order valence-electron chi connectivity index (χ3n) is 2.08. The van der Waals surface area contributed by atoms with Gasteiger partial charge in [0.25, 0.3) is 0 Å². The summed E-state index contributed by atoms with van der Waals surface area (Å²) in [6, 6.07) is 4.39. The lowest BCUT2D eigenvalue weighted by molar-refractivity contribution is 0.595. The smallest absolute Gasteiger partial charge is 0.123 e. The second-order valence-corrected chi connectivity index (χ2v) is 4.06. The Morgan fingerprint density at radius 3 is 2.67 bits per heavy atom. The maximum Gasteiger partial charge on any atom is 0.123 e. The molecule has 0 aliphatic carbocycles. The molecule has 0 aliphatic rings. The van der Waals surface area contributed by atoms with E-state index in [0.29, 0.717) is 6.54 Å². The molecule has 0 radical (unpaired) electrons. The van der Waals surface area contributed by atoms with Gasteiger partial charge >= 0.3 is 0 Å². The summed E-state index contributed by atoms with van der Waals surface area (Å²) in [4.78, 5) is 0.